The molecule has 2 aliphatic heterocycles. The van der Waals surface area contributed by atoms with Crippen LogP contribution in [-0.2, 0) is 4.79 Å². The lowest BCUT2D eigenvalue weighted by Crippen LogP contribution is -2.74. The number of rotatable bonds is 6. The monoisotopic (exact) mass is 585 g/mol. The predicted molar refractivity (Wildman–Crippen MR) is 160 cm³/mol. The lowest BCUT2D eigenvalue weighted by molar-refractivity contribution is -0.162. The van der Waals surface area contributed by atoms with E-state index in [9.17, 15) is 15.2 Å². The smallest absolute Gasteiger partial charge is 0.253 e. The molecule has 42 heavy (non-hydrogen) atoms. The van der Waals surface area contributed by atoms with Gasteiger partial charge in [-0.25, -0.2) is 13.9 Å². The van der Waals surface area contributed by atoms with E-state index in [4.69, 9.17) is 10.1 Å². The van der Waals surface area contributed by atoms with E-state index in [1.807, 2.05) is 54.1 Å². The topological polar surface area (TPSA) is 101 Å². The molecular weight excluding hydrogens is 553 g/mol. The van der Waals surface area contributed by atoms with Gasteiger partial charge in [-0.1, -0.05) is 41.2 Å². The van der Waals surface area contributed by atoms with Gasteiger partial charge in [0.2, 0.25) is 0 Å². The Morgan fingerprint density at radius 2 is 1.90 bits per heavy atom. The molecule has 1 aromatic carbocycles. The maximum absolute atomic E-state index is 15.5. The van der Waals surface area contributed by atoms with Gasteiger partial charge in [0.15, 0.2) is 10.9 Å². The number of aliphatic hydroxyl groups is 1. The van der Waals surface area contributed by atoms with Crippen LogP contribution in [0.5, 0.6) is 0 Å². The van der Waals surface area contributed by atoms with Crippen LogP contribution in [0.15, 0.2) is 36.5 Å². The van der Waals surface area contributed by atoms with Crippen LogP contribution in [0.25, 0.3) is 16.8 Å². The molecule has 2 saturated heterocycles. The normalized spacial score (nSPS) is 17.7. The molecule has 1 spiro atoms. The summed E-state index contributed by atoms with van der Waals surface area (Å²) in [7, 11) is 1.94. The molecule has 0 atom stereocenters. The first-order valence-electron chi connectivity index (χ1n) is 14.2. The summed E-state index contributed by atoms with van der Waals surface area (Å²) in [5, 5.41) is 25.5. The maximum Gasteiger partial charge on any atom is 0.253 e. The van der Waals surface area contributed by atoms with Gasteiger partial charge in [-0.05, 0) is 39.7 Å². The van der Waals surface area contributed by atoms with Gasteiger partial charge in [0.25, 0.3) is 5.91 Å². The van der Waals surface area contributed by atoms with Crippen LogP contribution in [-0.4, -0.2) is 69.3 Å². The Balaban J connectivity index is 1.20. The van der Waals surface area contributed by atoms with Crippen molar-refractivity contribution in [3.05, 3.63) is 58.5 Å². The third-order valence-electron chi connectivity index (χ3n) is 8.59. The minimum absolute atomic E-state index is 0.0700. The summed E-state index contributed by atoms with van der Waals surface area (Å²) in [6.45, 7) is 7.45. The molecule has 1 amide bonds. The molecule has 0 bridgehead atoms. The van der Waals surface area contributed by atoms with E-state index < -0.39 is 5.60 Å². The largest absolute Gasteiger partial charge is 0.381 e. The number of likely N-dealkylation sites (tertiary alicyclic amines) is 1. The molecule has 0 unspecified atom stereocenters. The van der Waals surface area contributed by atoms with E-state index in [1.54, 1.807) is 9.42 Å². The molecule has 3 aromatic heterocycles. The van der Waals surface area contributed by atoms with Crippen molar-refractivity contribution in [1.29, 1.82) is 5.26 Å². The number of carbonyl (C=O) groups excluding carboxylic acids is 1. The zero-order valence-corrected chi connectivity index (χ0v) is 24.9. The van der Waals surface area contributed by atoms with Gasteiger partial charge in [0.05, 0.1) is 28.8 Å². The molecule has 9 nitrogen and oxygen atoms in total. The average molecular weight is 586 g/mol. The van der Waals surface area contributed by atoms with Gasteiger partial charge in [0, 0.05) is 50.1 Å². The number of thiazole rings is 1. The fraction of sp³-hybridized carbons (Fsp3) is 0.419. The number of nitrogens with zero attached hydrogens (tertiary/aromatic N) is 7. The van der Waals surface area contributed by atoms with Crippen LogP contribution in [0.2, 0.25) is 0 Å². The van der Waals surface area contributed by atoms with Crippen molar-refractivity contribution in [3.8, 4) is 17.3 Å². The second kappa shape index (κ2) is 9.24. The highest BCUT2D eigenvalue weighted by molar-refractivity contribution is 7.16. The maximum atomic E-state index is 15.5. The number of halogens is 1. The van der Waals surface area contributed by atoms with Crippen molar-refractivity contribution in [3.63, 3.8) is 0 Å². The van der Waals surface area contributed by atoms with Crippen LogP contribution in [0.3, 0.4) is 0 Å². The van der Waals surface area contributed by atoms with E-state index >= 15 is 4.39 Å². The summed E-state index contributed by atoms with van der Waals surface area (Å²) in [5.41, 5.74) is 4.32. The molecule has 3 fully saturated rings. The Morgan fingerprint density at radius 1 is 1.21 bits per heavy atom. The molecule has 11 heteroatoms. The van der Waals surface area contributed by atoms with Gasteiger partial charge in [0.1, 0.15) is 22.2 Å². The van der Waals surface area contributed by atoms with E-state index in [-0.39, 0.29) is 17.1 Å². The standard InChI is InChI=1S/C31H32FN7O2S/c1-18-5-7-19(8-6-18)25-24(12-33)42-29(34-25)36(4)27-23-11-22(21(32)13-39(23)35-26(27)20-9-10-20)37-14-31(15-37)16-38(17-31)28(40)30(2,3)41/h5-8,11,13,20,41H,9-10,14-17H2,1-4H3. The number of amides is 1. The molecule has 1 aliphatic carbocycles. The number of aromatic nitrogens is 3. The molecule has 3 aliphatic rings. The van der Waals surface area contributed by atoms with Gasteiger partial charge in [-0.15, -0.1) is 0 Å². The number of nitriles is 1. The van der Waals surface area contributed by atoms with Crippen molar-refractivity contribution >= 4 is 39.3 Å². The Hall–Kier alpha value is -4.01. The number of pyridine rings is 1. The minimum atomic E-state index is -1.39. The molecule has 1 N–H and O–H groups in total. The quantitative estimate of drug-likeness (QED) is 0.346. The first kappa shape index (κ1) is 26.9. The lowest BCUT2D eigenvalue weighted by atomic mass is 9.72. The van der Waals surface area contributed by atoms with Crippen LogP contribution >= 0.6 is 11.3 Å². The van der Waals surface area contributed by atoms with Crippen molar-refractivity contribution in [2.75, 3.05) is 43.0 Å². The molecule has 1 saturated carbocycles. The van der Waals surface area contributed by atoms with Gasteiger partial charge in [-0.2, -0.15) is 10.4 Å². The van der Waals surface area contributed by atoms with Crippen molar-refractivity contribution < 1.29 is 14.3 Å². The summed E-state index contributed by atoms with van der Waals surface area (Å²) in [5.74, 6) is -0.309. The highest BCUT2D eigenvalue weighted by Crippen LogP contribution is 2.49. The van der Waals surface area contributed by atoms with Crippen LogP contribution < -0.4 is 9.80 Å². The third-order valence-corrected chi connectivity index (χ3v) is 9.62. The van der Waals surface area contributed by atoms with Crippen LogP contribution in [0, 0.1) is 29.5 Å². The Morgan fingerprint density at radius 3 is 2.52 bits per heavy atom. The van der Waals surface area contributed by atoms with E-state index in [2.05, 4.69) is 6.07 Å². The minimum Gasteiger partial charge on any atom is -0.381 e. The number of carbonyl (C=O) groups is 1. The Bertz CT molecular complexity index is 1760. The van der Waals surface area contributed by atoms with Crippen LogP contribution in [0.4, 0.5) is 20.9 Å². The third kappa shape index (κ3) is 4.32. The highest BCUT2D eigenvalue weighted by Gasteiger charge is 2.55. The van der Waals surface area contributed by atoms with E-state index in [0.717, 1.165) is 40.9 Å². The zero-order valence-electron chi connectivity index (χ0n) is 24.1. The fourth-order valence-electron chi connectivity index (χ4n) is 6.24. The summed E-state index contributed by atoms with van der Waals surface area (Å²) < 4.78 is 17.1. The molecule has 7 rings (SSSR count). The molecule has 4 aromatic rings. The molecule has 0 radical (unpaired) electrons. The van der Waals surface area contributed by atoms with Crippen molar-refractivity contribution in [2.24, 2.45) is 5.41 Å². The SMILES string of the molecule is Cc1ccc(-c2nc(N(C)c3c(C4CC4)nn4cc(F)c(N5CC6(CN(C(=O)C(C)(C)O)C6)C5)cc34)sc2C#N)cc1. The van der Waals surface area contributed by atoms with Gasteiger partial charge < -0.3 is 19.8 Å². The molecule has 216 valence electrons. The van der Waals surface area contributed by atoms with Gasteiger partial charge in [-0.3, -0.25) is 4.79 Å². The number of benzene rings is 1. The average Bonchev–Trinajstić information content (AvgIpc) is 3.55. The highest BCUT2D eigenvalue weighted by atomic mass is 32.1. The lowest BCUT2D eigenvalue weighted by Gasteiger charge is -2.61. The van der Waals surface area contributed by atoms with Gasteiger partial charge >= 0.3 is 0 Å². The zero-order chi connectivity index (χ0) is 29.6. The predicted octanol–water partition coefficient (Wildman–Crippen LogP) is 4.84. The molecule has 5 heterocycles. The number of fused-ring (bicyclic) bond motifs is 1. The first-order chi connectivity index (χ1) is 20.0. The van der Waals surface area contributed by atoms with Crippen molar-refractivity contribution in [1.82, 2.24) is 19.5 Å². The number of aryl methyl sites for hydroxylation is 1. The second-order valence-electron chi connectivity index (χ2n) is 12.6. The number of hydrogen-bond donors (Lipinski definition) is 1. The summed E-state index contributed by atoms with van der Waals surface area (Å²) in [6.07, 6.45) is 3.51. The first-order valence-corrected chi connectivity index (χ1v) is 15.0. The van der Waals surface area contributed by atoms with E-state index in [1.165, 1.54) is 31.4 Å². The summed E-state index contributed by atoms with van der Waals surface area (Å²) >= 11 is 1.34. The summed E-state index contributed by atoms with van der Waals surface area (Å²) in [4.78, 5) is 23.5. The number of anilines is 3. The van der Waals surface area contributed by atoms with E-state index in [0.29, 0.717) is 53.5 Å². The van der Waals surface area contributed by atoms with Crippen LogP contribution in [0.1, 0.15) is 48.7 Å². The Labute approximate surface area is 247 Å². The fourth-order valence-corrected chi connectivity index (χ4v) is 7.09. The molecular formula is C31H32FN7O2S. The number of hydrogen-bond acceptors (Lipinski definition) is 8. The Kier molecular flexibility index (Phi) is 5.91. The second-order valence-corrected chi connectivity index (χ2v) is 13.6. The summed E-state index contributed by atoms with van der Waals surface area (Å²) in [6, 6.07) is 12.2. The van der Waals surface area contributed by atoms with Crippen molar-refractivity contribution in [2.45, 2.75) is 45.1 Å².